The van der Waals surface area contributed by atoms with Crippen molar-refractivity contribution in [3.63, 3.8) is 0 Å². The molecule has 0 saturated carbocycles. The van der Waals surface area contributed by atoms with Crippen LogP contribution < -0.4 is 9.47 Å². The maximum absolute atomic E-state index is 13.2. The lowest BCUT2D eigenvalue weighted by Crippen LogP contribution is -2.45. The van der Waals surface area contributed by atoms with Crippen molar-refractivity contribution in [2.75, 3.05) is 32.8 Å². The normalized spacial score (nSPS) is 22.3. The van der Waals surface area contributed by atoms with E-state index in [4.69, 9.17) is 14.2 Å². The molecule has 6 heteroatoms. The van der Waals surface area contributed by atoms with E-state index in [9.17, 15) is 4.79 Å². The van der Waals surface area contributed by atoms with Crippen molar-refractivity contribution in [3.05, 3.63) is 70.8 Å². The monoisotopic (exact) mass is 581 g/mol. The van der Waals surface area contributed by atoms with Crippen molar-refractivity contribution in [2.45, 2.75) is 90.1 Å². The molecule has 41 heavy (non-hydrogen) atoms. The van der Waals surface area contributed by atoms with E-state index in [1.54, 1.807) is 0 Å². The summed E-state index contributed by atoms with van der Waals surface area (Å²) in [6, 6.07) is 15.1. The summed E-state index contributed by atoms with van der Waals surface area (Å²) in [5.74, 6) is 2.33. The second-order valence-corrected chi connectivity index (χ2v) is 12.6. The third-order valence-electron chi connectivity index (χ3n) is 9.17. The Bertz CT molecular complexity index is 1190. The summed E-state index contributed by atoms with van der Waals surface area (Å²) in [5.41, 5.74) is 4.76. The number of morpholine rings is 1. The number of hydrogen-bond acceptors (Lipinski definition) is 5. The van der Waals surface area contributed by atoms with Crippen LogP contribution in [0.5, 0.6) is 11.5 Å². The third kappa shape index (κ3) is 7.94. The number of carbonyl (C=O) groups excluding carboxylic acids is 1. The Kier molecular flexibility index (Phi) is 11.0. The first kappa shape index (κ1) is 31.6. The predicted molar refractivity (Wildman–Crippen MR) is 168 cm³/mol. The molecule has 3 atom stereocenters. The molecule has 0 N–H and O–H groups in total. The van der Waals surface area contributed by atoms with Crippen LogP contribution in [-0.4, -0.2) is 49.3 Å². The Morgan fingerprint density at radius 2 is 1.88 bits per heavy atom. The van der Waals surface area contributed by atoms with E-state index in [2.05, 4.69) is 81.1 Å². The van der Waals surface area contributed by atoms with Gasteiger partial charge in [-0.25, -0.2) is 0 Å². The topological polar surface area (TPSA) is 48.0 Å². The number of carbonyl (C=O) groups is 1. The fourth-order valence-corrected chi connectivity index (χ4v) is 6.76. The fourth-order valence-electron chi connectivity index (χ4n) is 6.76. The zero-order valence-electron chi connectivity index (χ0n) is 25.3. The van der Waals surface area contributed by atoms with Gasteiger partial charge in [0, 0.05) is 36.9 Å². The van der Waals surface area contributed by atoms with Gasteiger partial charge in [-0.15, -0.1) is 12.4 Å². The highest BCUT2D eigenvalue weighted by Gasteiger charge is 2.45. The van der Waals surface area contributed by atoms with E-state index in [0.29, 0.717) is 24.0 Å². The molecule has 1 aliphatic carbocycles. The lowest BCUT2D eigenvalue weighted by atomic mass is 9.68. The van der Waals surface area contributed by atoms with Gasteiger partial charge in [0.25, 0.3) is 0 Å². The van der Waals surface area contributed by atoms with Gasteiger partial charge in [0.2, 0.25) is 0 Å². The minimum atomic E-state index is -0.274. The Morgan fingerprint density at radius 1 is 1.12 bits per heavy atom. The molecule has 3 unspecified atom stereocenters. The van der Waals surface area contributed by atoms with E-state index in [1.807, 2.05) is 0 Å². The zero-order chi connectivity index (χ0) is 28.1. The van der Waals surface area contributed by atoms with Crippen LogP contribution in [0, 0.1) is 5.92 Å². The average molecular weight is 582 g/mol. The summed E-state index contributed by atoms with van der Waals surface area (Å²) in [4.78, 5) is 15.5. The Morgan fingerprint density at radius 3 is 2.63 bits per heavy atom. The summed E-state index contributed by atoms with van der Waals surface area (Å²) >= 11 is 0. The van der Waals surface area contributed by atoms with E-state index in [0.717, 1.165) is 82.7 Å². The van der Waals surface area contributed by atoms with Crippen molar-refractivity contribution in [3.8, 4) is 11.5 Å². The highest BCUT2D eigenvalue weighted by atomic mass is 35.5. The van der Waals surface area contributed by atoms with Gasteiger partial charge in [0.05, 0.1) is 13.2 Å². The van der Waals surface area contributed by atoms with Gasteiger partial charge < -0.3 is 14.2 Å². The van der Waals surface area contributed by atoms with Crippen LogP contribution in [-0.2, 0) is 16.0 Å². The Labute approximate surface area is 253 Å². The fraction of sp³-hybridized carbons (Fsp3) is 0.571. The molecular weight excluding hydrogens is 534 g/mol. The number of fused-ring (bicyclic) bond motifs is 3. The predicted octanol–water partition coefficient (Wildman–Crippen LogP) is 7.86. The van der Waals surface area contributed by atoms with Crippen molar-refractivity contribution in [1.29, 1.82) is 0 Å². The van der Waals surface area contributed by atoms with Crippen LogP contribution in [0.3, 0.4) is 0 Å². The molecule has 1 fully saturated rings. The van der Waals surface area contributed by atoms with Gasteiger partial charge in [-0.2, -0.15) is 0 Å². The average Bonchev–Trinajstić information content (AvgIpc) is 2.93. The van der Waals surface area contributed by atoms with E-state index in [-0.39, 0.29) is 29.9 Å². The van der Waals surface area contributed by atoms with Gasteiger partial charge in [0.1, 0.15) is 17.1 Å². The molecule has 1 saturated heterocycles. The van der Waals surface area contributed by atoms with Crippen LogP contribution >= 0.6 is 12.4 Å². The van der Waals surface area contributed by atoms with Gasteiger partial charge in [0.15, 0.2) is 0 Å². The van der Waals surface area contributed by atoms with Crippen molar-refractivity contribution in [1.82, 2.24) is 4.90 Å². The molecule has 224 valence electrons. The number of halogens is 1. The highest BCUT2D eigenvalue weighted by molar-refractivity contribution is 5.85. The smallest absolute Gasteiger partial charge is 0.311 e. The molecule has 2 aromatic carbocycles. The van der Waals surface area contributed by atoms with Crippen LogP contribution in [0.4, 0.5) is 0 Å². The van der Waals surface area contributed by atoms with Gasteiger partial charge in [-0.1, -0.05) is 48.9 Å². The lowest BCUT2D eigenvalue weighted by molar-refractivity contribution is -0.134. The standard InChI is InChI=1S/C35H47NO4.ClH/c1-25-15-16-30-29(22-25)34-31(39-33(37)14-9-17-36-18-20-38-21-19-36)23-28(24-32(34)40-35(30,3)4)26(2)10-8-13-27-11-6-5-7-12-27;/h5-7,11-12,22-24,26,29-30H,8-10,13-21H2,1-4H3;1H. The van der Waals surface area contributed by atoms with Gasteiger partial charge in [-0.05, 0) is 95.0 Å². The molecule has 5 rings (SSSR count). The quantitative estimate of drug-likeness (QED) is 0.162. The number of benzene rings is 2. The summed E-state index contributed by atoms with van der Waals surface area (Å²) in [7, 11) is 0. The number of allylic oxidation sites excluding steroid dienone is 2. The molecule has 0 amide bonds. The summed E-state index contributed by atoms with van der Waals surface area (Å²) in [5, 5.41) is 0. The minimum Gasteiger partial charge on any atom is -0.487 e. The summed E-state index contributed by atoms with van der Waals surface area (Å²) in [6.07, 6.45) is 9.03. The maximum atomic E-state index is 13.2. The van der Waals surface area contributed by atoms with Crippen molar-refractivity contribution in [2.24, 2.45) is 5.92 Å². The first-order valence-electron chi connectivity index (χ1n) is 15.4. The van der Waals surface area contributed by atoms with E-state index >= 15 is 0 Å². The Hall–Kier alpha value is -2.34. The molecule has 0 aromatic heterocycles. The molecule has 0 bridgehead atoms. The molecule has 0 spiro atoms. The number of ether oxygens (including phenoxy) is 3. The maximum Gasteiger partial charge on any atom is 0.311 e. The SMILES string of the molecule is CC1=CC2c3c(OC(=O)CCCN4CCOCC4)cc(C(C)CCCc4ccccc4)cc3OC(C)(C)C2CC1.Cl. The van der Waals surface area contributed by atoms with Crippen LogP contribution in [0.25, 0.3) is 0 Å². The Balaban J connectivity index is 0.00000387. The van der Waals surface area contributed by atoms with Crippen LogP contribution in [0.15, 0.2) is 54.1 Å². The molecule has 2 aromatic rings. The third-order valence-corrected chi connectivity index (χ3v) is 9.17. The van der Waals surface area contributed by atoms with Crippen molar-refractivity contribution >= 4 is 18.4 Å². The number of esters is 1. The first-order valence-corrected chi connectivity index (χ1v) is 15.4. The van der Waals surface area contributed by atoms with Crippen LogP contribution in [0.1, 0.15) is 94.7 Å². The summed E-state index contributed by atoms with van der Waals surface area (Å²) in [6.45, 7) is 13.3. The van der Waals surface area contributed by atoms with Crippen molar-refractivity contribution < 1.29 is 19.0 Å². The first-order chi connectivity index (χ1) is 19.3. The number of rotatable bonds is 10. The number of hydrogen-bond donors (Lipinski definition) is 0. The number of aryl methyl sites for hydroxylation is 1. The number of nitrogens with zero attached hydrogens (tertiary/aromatic N) is 1. The second kappa shape index (κ2) is 14.2. The molecule has 0 radical (unpaired) electrons. The minimum absolute atomic E-state index is 0. The van der Waals surface area contributed by atoms with Crippen LogP contribution in [0.2, 0.25) is 0 Å². The van der Waals surface area contributed by atoms with Gasteiger partial charge in [-0.3, -0.25) is 9.69 Å². The largest absolute Gasteiger partial charge is 0.487 e. The zero-order valence-corrected chi connectivity index (χ0v) is 26.1. The molecular formula is C35H48ClNO4. The molecule has 2 heterocycles. The van der Waals surface area contributed by atoms with E-state index < -0.39 is 0 Å². The summed E-state index contributed by atoms with van der Waals surface area (Å²) < 4.78 is 18.4. The molecule has 5 nitrogen and oxygen atoms in total. The molecule has 3 aliphatic rings. The molecule has 2 aliphatic heterocycles. The highest BCUT2D eigenvalue weighted by Crippen LogP contribution is 2.54. The second-order valence-electron chi connectivity index (χ2n) is 12.6. The lowest BCUT2D eigenvalue weighted by Gasteiger charge is -2.46. The van der Waals surface area contributed by atoms with Gasteiger partial charge >= 0.3 is 5.97 Å². The van der Waals surface area contributed by atoms with E-state index in [1.165, 1.54) is 16.7 Å².